The van der Waals surface area contributed by atoms with Crippen molar-refractivity contribution < 1.29 is 4.79 Å². The number of anilines is 2. The number of aryl methyl sites for hydroxylation is 1. The molecule has 2 aromatic rings. The van der Waals surface area contributed by atoms with Crippen LogP contribution in [0.3, 0.4) is 0 Å². The lowest BCUT2D eigenvalue weighted by molar-refractivity contribution is -0.114. The Morgan fingerprint density at radius 3 is 2.35 bits per heavy atom. The van der Waals surface area contributed by atoms with Gasteiger partial charge >= 0.3 is 0 Å². The van der Waals surface area contributed by atoms with Crippen molar-refractivity contribution in [3.63, 3.8) is 0 Å². The van der Waals surface area contributed by atoms with E-state index in [2.05, 4.69) is 42.5 Å². The van der Waals surface area contributed by atoms with Gasteiger partial charge in [-0.25, -0.2) is 0 Å². The van der Waals surface area contributed by atoms with Crippen LogP contribution in [0.1, 0.15) is 5.56 Å². The number of hydrogen-bond acceptors (Lipinski definition) is 2. The minimum atomic E-state index is -0.0787. The summed E-state index contributed by atoms with van der Waals surface area (Å²) in [4.78, 5) is 11.8. The van der Waals surface area contributed by atoms with Crippen molar-refractivity contribution in [1.29, 1.82) is 0 Å². The van der Waals surface area contributed by atoms with E-state index < -0.39 is 0 Å². The molecule has 0 bridgehead atoms. The van der Waals surface area contributed by atoms with Crippen LogP contribution in [-0.2, 0) is 4.79 Å². The molecule has 0 radical (unpaired) electrons. The average Bonchev–Trinajstić information content (AvgIpc) is 2.38. The van der Waals surface area contributed by atoms with E-state index in [-0.39, 0.29) is 12.5 Å². The molecule has 0 spiro atoms. The van der Waals surface area contributed by atoms with Gasteiger partial charge in [0, 0.05) is 20.3 Å². The van der Waals surface area contributed by atoms with Crippen molar-refractivity contribution in [2.75, 3.05) is 17.2 Å². The van der Waals surface area contributed by atoms with Crippen LogP contribution < -0.4 is 10.6 Å². The molecule has 0 saturated carbocycles. The van der Waals surface area contributed by atoms with E-state index in [0.717, 1.165) is 25.9 Å². The van der Waals surface area contributed by atoms with E-state index in [4.69, 9.17) is 0 Å². The lowest BCUT2D eigenvalue weighted by Gasteiger charge is -2.09. The van der Waals surface area contributed by atoms with Crippen LogP contribution in [0.25, 0.3) is 0 Å². The van der Waals surface area contributed by atoms with Crippen LogP contribution in [-0.4, -0.2) is 12.5 Å². The van der Waals surface area contributed by atoms with E-state index in [9.17, 15) is 4.79 Å². The molecule has 0 heterocycles. The molecule has 0 unspecified atom stereocenters. The van der Waals surface area contributed by atoms with Crippen LogP contribution >= 0.6 is 31.9 Å². The number of rotatable bonds is 4. The maximum Gasteiger partial charge on any atom is 0.243 e. The van der Waals surface area contributed by atoms with Crippen molar-refractivity contribution in [2.24, 2.45) is 0 Å². The maximum atomic E-state index is 11.8. The topological polar surface area (TPSA) is 41.1 Å². The predicted octanol–water partition coefficient (Wildman–Crippen LogP) is 4.57. The molecule has 0 aliphatic carbocycles. The molecule has 2 N–H and O–H groups in total. The Balaban J connectivity index is 1.90. The predicted molar refractivity (Wildman–Crippen MR) is 90.1 cm³/mol. The molecule has 104 valence electrons. The second-order valence-corrected chi connectivity index (χ2v) is 6.26. The summed E-state index contributed by atoms with van der Waals surface area (Å²) < 4.78 is 1.98. The monoisotopic (exact) mass is 396 g/mol. The molecule has 2 aromatic carbocycles. The van der Waals surface area contributed by atoms with E-state index in [0.29, 0.717) is 0 Å². The third kappa shape index (κ3) is 4.65. The summed E-state index contributed by atoms with van der Waals surface area (Å²) in [5.41, 5.74) is 2.84. The fourth-order valence-corrected chi connectivity index (χ4v) is 2.63. The van der Waals surface area contributed by atoms with Crippen molar-refractivity contribution in [3.8, 4) is 0 Å². The number of halogens is 2. The zero-order valence-electron chi connectivity index (χ0n) is 10.9. The molecule has 0 aliphatic heterocycles. The molecular formula is C15H14Br2N2O. The summed E-state index contributed by atoms with van der Waals surface area (Å²) in [6.07, 6.45) is 0. The largest absolute Gasteiger partial charge is 0.376 e. The van der Waals surface area contributed by atoms with Gasteiger partial charge in [0.15, 0.2) is 0 Å². The van der Waals surface area contributed by atoms with Crippen molar-refractivity contribution in [1.82, 2.24) is 0 Å². The maximum absolute atomic E-state index is 11.8. The smallest absolute Gasteiger partial charge is 0.243 e. The van der Waals surface area contributed by atoms with Crippen LogP contribution in [0.4, 0.5) is 11.4 Å². The van der Waals surface area contributed by atoms with Crippen LogP contribution in [0.2, 0.25) is 0 Å². The van der Waals surface area contributed by atoms with Gasteiger partial charge in [-0.05, 0) is 55.0 Å². The Morgan fingerprint density at radius 2 is 1.70 bits per heavy atom. The highest BCUT2D eigenvalue weighted by Crippen LogP contribution is 2.19. The molecule has 0 aliphatic rings. The zero-order valence-corrected chi connectivity index (χ0v) is 14.1. The van der Waals surface area contributed by atoms with Gasteiger partial charge in [0.2, 0.25) is 5.91 Å². The highest BCUT2D eigenvalue weighted by Gasteiger charge is 2.03. The first-order chi connectivity index (χ1) is 9.52. The fraction of sp³-hybridized carbons (Fsp3) is 0.133. The summed E-state index contributed by atoms with van der Waals surface area (Å²) in [6.45, 7) is 2.24. The van der Waals surface area contributed by atoms with Gasteiger partial charge in [0.25, 0.3) is 0 Å². The molecule has 1 amide bonds. The Kier molecular flexibility index (Phi) is 5.20. The lowest BCUT2D eigenvalue weighted by atomic mass is 10.2. The molecule has 20 heavy (non-hydrogen) atoms. The quantitative estimate of drug-likeness (QED) is 0.793. The number of amides is 1. The summed E-state index contributed by atoms with van der Waals surface area (Å²) in [5.74, 6) is -0.0787. The van der Waals surface area contributed by atoms with E-state index >= 15 is 0 Å². The second-order valence-electron chi connectivity index (χ2n) is 4.43. The Labute approximate surface area is 135 Å². The van der Waals surface area contributed by atoms with Gasteiger partial charge in [-0.2, -0.15) is 0 Å². The van der Waals surface area contributed by atoms with Gasteiger partial charge < -0.3 is 10.6 Å². The van der Waals surface area contributed by atoms with E-state index in [1.165, 1.54) is 0 Å². The highest BCUT2D eigenvalue weighted by molar-refractivity contribution is 9.10. The Hall–Kier alpha value is -1.33. The van der Waals surface area contributed by atoms with Gasteiger partial charge in [0.05, 0.1) is 6.54 Å². The highest BCUT2D eigenvalue weighted by atomic mass is 79.9. The van der Waals surface area contributed by atoms with Crippen molar-refractivity contribution in [2.45, 2.75) is 6.92 Å². The van der Waals surface area contributed by atoms with Gasteiger partial charge in [-0.15, -0.1) is 0 Å². The number of nitrogens with one attached hydrogen (secondary N) is 2. The average molecular weight is 398 g/mol. The first-order valence-electron chi connectivity index (χ1n) is 6.09. The van der Waals surface area contributed by atoms with E-state index in [1.54, 1.807) is 0 Å². The summed E-state index contributed by atoms with van der Waals surface area (Å²) in [7, 11) is 0. The lowest BCUT2D eigenvalue weighted by Crippen LogP contribution is -2.21. The molecule has 5 heteroatoms. The van der Waals surface area contributed by atoms with Gasteiger partial charge in [0.1, 0.15) is 0 Å². The van der Waals surface area contributed by atoms with Gasteiger partial charge in [-0.3, -0.25) is 4.79 Å². The molecule has 0 fully saturated rings. The number of benzene rings is 2. The minimum Gasteiger partial charge on any atom is -0.376 e. The summed E-state index contributed by atoms with van der Waals surface area (Å²) in [6, 6.07) is 13.4. The molecule has 2 rings (SSSR count). The third-order valence-corrected chi connectivity index (χ3v) is 3.61. The van der Waals surface area contributed by atoms with Crippen LogP contribution in [0.15, 0.2) is 51.4 Å². The molecular weight excluding hydrogens is 384 g/mol. The fourth-order valence-electron chi connectivity index (χ4n) is 1.76. The summed E-state index contributed by atoms with van der Waals surface area (Å²) >= 11 is 6.79. The van der Waals surface area contributed by atoms with E-state index in [1.807, 2.05) is 49.4 Å². The first-order valence-corrected chi connectivity index (χ1v) is 7.68. The normalized spacial score (nSPS) is 10.2. The molecule has 0 aromatic heterocycles. The van der Waals surface area contributed by atoms with Crippen LogP contribution in [0, 0.1) is 6.92 Å². The molecule has 0 saturated heterocycles. The Bertz CT molecular complexity index is 592. The molecule has 0 atom stereocenters. The number of carbonyl (C=O) groups excluding carboxylic acids is 1. The molecule has 3 nitrogen and oxygen atoms in total. The number of carbonyl (C=O) groups is 1. The first kappa shape index (κ1) is 15.1. The zero-order chi connectivity index (χ0) is 14.5. The SMILES string of the molecule is Cc1cc(Br)cc(NCC(=O)Nc2ccc(Br)cc2)c1. The van der Waals surface area contributed by atoms with Crippen LogP contribution in [0.5, 0.6) is 0 Å². The van der Waals surface area contributed by atoms with Crippen molar-refractivity contribution >= 4 is 49.1 Å². The summed E-state index contributed by atoms with van der Waals surface area (Å²) in [5, 5.41) is 5.94. The third-order valence-electron chi connectivity index (χ3n) is 2.62. The van der Waals surface area contributed by atoms with Gasteiger partial charge in [-0.1, -0.05) is 31.9 Å². The number of hydrogen-bond donors (Lipinski definition) is 2. The second kappa shape index (κ2) is 6.90. The van der Waals surface area contributed by atoms with Crippen molar-refractivity contribution in [3.05, 3.63) is 57.0 Å². The minimum absolute atomic E-state index is 0.0787. The Morgan fingerprint density at radius 1 is 1.00 bits per heavy atom. The standard InChI is InChI=1S/C15H14Br2N2O/c1-10-6-12(17)8-14(7-10)18-9-15(20)19-13-4-2-11(16)3-5-13/h2-8,18H,9H2,1H3,(H,19,20).